The number of halogens is 3. The highest BCUT2D eigenvalue weighted by Crippen LogP contribution is 2.22. The monoisotopic (exact) mass is 438 g/mol. The van der Waals surface area contributed by atoms with Gasteiger partial charge in [0.25, 0.3) is 0 Å². The Balaban J connectivity index is 1.50. The van der Waals surface area contributed by atoms with E-state index in [0.717, 1.165) is 12.1 Å². The second-order valence-corrected chi connectivity index (χ2v) is 8.66. The molecule has 29 heavy (non-hydrogen) atoms. The Labute approximate surface area is 167 Å². The summed E-state index contributed by atoms with van der Waals surface area (Å²) in [7, 11) is -4.13. The number of rotatable bonds is 6. The van der Waals surface area contributed by atoms with Crippen LogP contribution < -0.4 is 4.72 Å². The summed E-state index contributed by atoms with van der Waals surface area (Å²) in [5, 5.41) is 6.13. The van der Waals surface area contributed by atoms with Crippen molar-refractivity contribution in [3.63, 3.8) is 0 Å². The van der Waals surface area contributed by atoms with Gasteiger partial charge in [-0.05, 0) is 24.3 Å². The van der Waals surface area contributed by atoms with Crippen LogP contribution in [0.25, 0.3) is 16.3 Å². The fraction of sp³-hybridized carbons (Fsp3) is 0.111. The molecular formula is C18H13F3N4O2S2. The second kappa shape index (κ2) is 7.58. The quantitative estimate of drug-likeness (QED) is 0.501. The minimum atomic E-state index is -4.13. The Kier molecular flexibility index (Phi) is 5.11. The lowest BCUT2D eigenvalue weighted by Crippen LogP contribution is -2.27. The van der Waals surface area contributed by atoms with E-state index in [-0.39, 0.29) is 13.0 Å². The van der Waals surface area contributed by atoms with Gasteiger partial charge in [-0.25, -0.2) is 30.8 Å². The standard InChI is InChI=1S/C18H13F3N4O2S2/c19-12-3-1-2-11(8-12)17-23-18-25(24-17)14(10-28-18)6-7-22-29(26,27)16-5-4-13(20)9-15(16)21/h1-5,8-10,22H,6-7H2. The molecule has 6 nitrogen and oxygen atoms in total. The first kappa shape index (κ1) is 19.6. The molecule has 0 spiro atoms. The summed E-state index contributed by atoms with van der Waals surface area (Å²) < 4.78 is 68.4. The molecule has 0 aliphatic rings. The molecule has 150 valence electrons. The second-order valence-electron chi connectivity index (χ2n) is 6.09. The molecule has 4 aromatic rings. The van der Waals surface area contributed by atoms with E-state index in [9.17, 15) is 21.6 Å². The minimum absolute atomic E-state index is 0.0276. The molecule has 2 aromatic carbocycles. The molecular weight excluding hydrogens is 425 g/mol. The number of fused-ring (bicyclic) bond motifs is 1. The van der Waals surface area contributed by atoms with Crippen molar-refractivity contribution in [2.45, 2.75) is 11.3 Å². The van der Waals surface area contributed by atoms with Crippen LogP contribution in [0.1, 0.15) is 5.69 Å². The first-order valence-corrected chi connectivity index (χ1v) is 10.7. The third-order valence-electron chi connectivity index (χ3n) is 4.09. The molecule has 11 heteroatoms. The number of benzene rings is 2. The summed E-state index contributed by atoms with van der Waals surface area (Å²) in [5.41, 5.74) is 1.21. The molecule has 0 unspecified atom stereocenters. The normalized spacial score (nSPS) is 12.0. The number of hydrogen-bond donors (Lipinski definition) is 1. The number of nitrogens with zero attached hydrogens (tertiary/aromatic N) is 3. The maximum atomic E-state index is 13.7. The van der Waals surface area contributed by atoms with Gasteiger partial charge in [0.05, 0.1) is 5.69 Å². The number of nitrogens with one attached hydrogen (secondary N) is 1. The first-order chi connectivity index (χ1) is 13.8. The Bertz CT molecular complexity index is 1300. The molecule has 0 saturated heterocycles. The van der Waals surface area contributed by atoms with Crippen molar-refractivity contribution < 1.29 is 21.6 Å². The summed E-state index contributed by atoms with van der Waals surface area (Å²) in [5.74, 6) is -2.07. The molecule has 2 heterocycles. The van der Waals surface area contributed by atoms with Crippen LogP contribution in [0.15, 0.2) is 52.7 Å². The molecule has 4 rings (SSSR count). The van der Waals surface area contributed by atoms with E-state index < -0.39 is 32.4 Å². The predicted molar refractivity (Wildman–Crippen MR) is 102 cm³/mol. The van der Waals surface area contributed by atoms with Crippen molar-refractivity contribution in [2.75, 3.05) is 6.54 Å². The smallest absolute Gasteiger partial charge is 0.211 e. The number of sulfonamides is 1. The van der Waals surface area contributed by atoms with Crippen LogP contribution in [0.5, 0.6) is 0 Å². The van der Waals surface area contributed by atoms with Crippen LogP contribution in [0, 0.1) is 17.5 Å². The third kappa shape index (κ3) is 4.02. The third-order valence-corrected chi connectivity index (χ3v) is 6.45. The van der Waals surface area contributed by atoms with E-state index in [1.807, 2.05) is 0 Å². The summed E-state index contributed by atoms with van der Waals surface area (Å²) in [6.45, 7) is -0.0276. The highest BCUT2D eigenvalue weighted by molar-refractivity contribution is 7.89. The van der Waals surface area contributed by atoms with Crippen molar-refractivity contribution in [1.29, 1.82) is 0 Å². The molecule has 0 radical (unpaired) electrons. The summed E-state index contributed by atoms with van der Waals surface area (Å²) in [4.78, 5) is 4.30. The van der Waals surface area contributed by atoms with Gasteiger partial charge in [-0.15, -0.1) is 16.4 Å². The number of aromatic nitrogens is 3. The van der Waals surface area contributed by atoms with E-state index in [1.54, 1.807) is 22.0 Å². The Morgan fingerprint density at radius 3 is 2.62 bits per heavy atom. The van der Waals surface area contributed by atoms with Crippen LogP contribution in [0.2, 0.25) is 0 Å². The van der Waals surface area contributed by atoms with Crippen LogP contribution in [0.3, 0.4) is 0 Å². The lowest BCUT2D eigenvalue weighted by atomic mass is 10.2. The molecule has 0 amide bonds. The number of thiazole rings is 1. The zero-order chi connectivity index (χ0) is 20.6. The van der Waals surface area contributed by atoms with Gasteiger partial charge in [0.15, 0.2) is 5.82 Å². The van der Waals surface area contributed by atoms with Crippen LogP contribution in [0.4, 0.5) is 13.2 Å². The highest BCUT2D eigenvalue weighted by atomic mass is 32.2. The first-order valence-electron chi connectivity index (χ1n) is 8.37. The summed E-state index contributed by atoms with van der Waals surface area (Å²) in [6, 6.07) is 8.16. The Hall–Kier alpha value is -2.76. The van der Waals surface area contributed by atoms with E-state index >= 15 is 0 Å². The molecule has 0 saturated carbocycles. The van der Waals surface area contributed by atoms with Crippen molar-refractivity contribution in [3.05, 3.63) is 71.0 Å². The number of hydrogen-bond acceptors (Lipinski definition) is 5. The van der Waals surface area contributed by atoms with Crippen molar-refractivity contribution >= 4 is 26.3 Å². The Morgan fingerprint density at radius 1 is 1.07 bits per heavy atom. The van der Waals surface area contributed by atoms with Crippen molar-refractivity contribution in [2.24, 2.45) is 0 Å². The molecule has 0 aliphatic heterocycles. The maximum Gasteiger partial charge on any atom is 0.243 e. The van der Waals surface area contributed by atoms with Gasteiger partial charge in [0, 0.05) is 30.0 Å². The van der Waals surface area contributed by atoms with Crippen LogP contribution >= 0.6 is 11.3 Å². The predicted octanol–water partition coefficient (Wildman–Crippen LogP) is 3.40. The zero-order valence-electron chi connectivity index (χ0n) is 14.6. The topological polar surface area (TPSA) is 76.4 Å². The molecule has 1 N–H and O–H groups in total. The lowest BCUT2D eigenvalue weighted by Gasteiger charge is -2.07. The fourth-order valence-electron chi connectivity index (χ4n) is 2.73. The average molecular weight is 438 g/mol. The van der Waals surface area contributed by atoms with Crippen LogP contribution in [-0.4, -0.2) is 29.6 Å². The van der Waals surface area contributed by atoms with E-state index in [1.165, 1.54) is 23.5 Å². The van der Waals surface area contributed by atoms with E-state index in [4.69, 9.17) is 0 Å². The van der Waals surface area contributed by atoms with Crippen molar-refractivity contribution in [3.8, 4) is 11.4 Å². The van der Waals surface area contributed by atoms with E-state index in [0.29, 0.717) is 28.1 Å². The van der Waals surface area contributed by atoms with Gasteiger partial charge in [-0.3, -0.25) is 0 Å². The lowest BCUT2D eigenvalue weighted by molar-refractivity contribution is 0.543. The SMILES string of the molecule is O=S(=O)(NCCc1csc2nc(-c3cccc(F)c3)nn12)c1ccc(F)cc1F. The highest BCUT2D eigenvalue weighted by Gasteiger charge is 2.19. The summed E-state index contributed by atoms with van der Waals surface area (Å²) >= 11 is 1.31. The van der Waals surface area contributed by atoms with Crippen molar-refractivity contribution in [1.82, 2.24) is 19.3 Å². The van der Waals surface area contributed by atoms with Gasteiger partial charge in [-0.1, -0.05) is 12.1 Å². The largest absolute Gasteiger partial charge is 0.243 e. The van der Waals surface area contributed by atoms with Crippen LogP contribution in [-0.2, 0) is 16.4 Å². The van der Waals surface area contributed by atoms with Gasteiger partial charge in [0.2, 0.25) is 15.0 Å². The van der Waals surface area contributed by atoms with E-state index in [2.05, 4.69) is 14.8 Å². The zero-order valence-corrected chi connectivity index (χ0v) is 16.3. The maximum absolute atomic E-state index is 13.7. The fourth-order valence-corrected chi connectivity index (χ4v) is 4.68. The molecule has 0 aliphatic carbocycles. The van der Waals surface area contributed by atoms with Gasteiger partial charge in [-0.2, -0.15) is 4.98 Å². The van der Waals surface area contributed by atoms with Gasteiger partial charge < -0.3 is 0 Å². The summed E-state index contributed by atoms with van der Waals surface area (Å²) in [6.07, 6.45) is 0.258. The molecule has 0 bridgehead atoms. The van der Waals surface area contributed by atoms with Gasteiger partial charge in [0.1, 0.15) is 22.3 Å². The minimum Gasteiger partial charge on any atom is -0.211 e. The molecule has 0 atom stereocenters. The average Bonchev–Trinajstić information content (AvgIpc) is 3.23. The molecule has 2 aromatic heterocycles. The molecule has 0 fully saturated rings. The van der Waals surface area contributed by atoms with Gasteiger partial charge >= 0.3 is 0 Å². The Morgan fingerprint density at radius 2 is 1.86 bits per heavy atom.